The molecule has 68 valence electrons. The van der Waals surface area contributed by atoms with Crippen molar-refractivity contribution >= 4 is 0 Å². The molecule has 0 bridgehead atoms. The van der Waals surface area contributed by atoms with Gasteiger partial charge in [-0.2, -0.15) is 5.26 Å². The number of hydrogen-bond acceptors (Lipinski definition) is 3. The lowest BCUT2D eigenvalue weighted by molar-refractivity contribution is 0.0442. The third-order valence-electron chi connectivity index (χ3n) is 2.57. The van der Waals surface area contributed by atoms with E-state index in [2.05, 4.69) is 4.90 Å². The molecule has 2 unspecified atom stereocenters. The molecule has 1 aliphatic heterocycles. The maximum Gasteiger partial charge on any atom is 0.0824 e. The van der Waals surface area contributed by atoms with Crippen molar-refractivity contribution in [3.63, 3.8) is 0 Å². The van der Waals surface area contributed by atoms with Gasteiger partial charge in [-0.25, -0.2) is 0 Å². The van der Waals surface area contributed by atoms with Crippen LogP contribution in [0.1, 0.15) is 25.7 Å². The molecule has 0 spiro atoms. The van der Waals surface area contributed by atoms with Gasteiger partial charge in [-0.1, -0.05) is 6.42 Å². The van der Waals surface area contributed by atoms with Crippen molar-refractivity contribution in [2.45, 2.75) is 37.8 Å². The number of likely N-dealkylation sites (N-methyl/N-ethyl adjacent to an activating group) is 1. The molecule has 0 saturated carbocycles. The monoisotopic (exact) mass is 168 g/mol. The highest BCUT2D eigenvalue weighted by Gasteiger charge is 2.25. The second kappa shape index (κ2) is 4.44. The van der Waals surface area contributed by atoms with Crippen LogP contribution in [-0.2, 0) is 0 Å². The minimum Gasteiger partial charge on any atom is -0.390 e. The summed E-state index contributed by atoms with van der Waals surface area (Å²) in [5, 5.41) is 18.0. The summed E-state index contributed by atoms with van der Waals surface area (Å²) in [6, 6.07) is 2.22. The van der Waals surface area contributed by atoms with Gasteiger partial charge < -0.3 is 10.0 Å². The lowest BCUT2D eigenvalue weighted by Gasteiger charge is -2.34. The van der Waals surface area contributed by atoms with Crippen LogP contribution in [0.5, 0.6) is 0 Å². The second-order valence-electron chi connectivity index (χ2n) is 3.47. The number of nitrogens with zero attached hydrogens (tertiary/aromatic N) is 2. The van der Waals surface area contributed by atoms with Crippen LogP contribution in [0.4, 0.5) is 0 Å². The van der Waals surface area contributed by atoms with E-state index in [1.807, 2.05) is 13.1 Å². The molecule has 1 rings (SSSR count). The Kier molecular flexibility index (Phi) is 3.51. The van der Waals surface area contributed by atoms with E-state index < -0.39 is 6.10 Å². The zero-order chi connectivity index (χ0) is 8.97. The minimum atomic E-state index is -0.458. The molecular formula is C9H16N2O. The molecule has 3 nitrogen and oxygen atoms in total. The van der Waals surface area contributed by atoms with Gasteiger partial charge in [0.1, 0.15) is 0 Å². The Morgan fingerprint density at radius 3 is 3.00 bits per heavy atom. The highest BCUT2D eigenvalue weighted by molar-refractivity contribution is 4.86. The Balaban J connectivity index is 2.43. The van der Waals surface area contributed by atoms with E-state index in [1.54, 1.807) is 0 Å². The summed E-state index contributed by atoms with van der Waals surface area (Å²) in [5.41, 5.74) is 0. The number of nitriles is 1. The minimum absolute atomic E-state index is 0.207. The average molecular weight is 168 g/mol. The maximum absolute atomic E-state index is 9.58. The first-order valence-electron chi connectivity index (χ1n) is 4.51. The van der Waals surface area contributed by atoms with Gasteiger partial charge in [0, 0.05) is 6.04 Å². The van der Waals surface area contributed by atoms with Crippen LogP contribution in [0.25, 0.3) is 0 Å². The number of likely N-dealkylation sites (tertiary alicyclic amines) is 1. The molecule has 1 fully saturated rings. The summed E-state index contributed by atoms with van der Waals surface area (Å²) < 4.78 is 0. The molecule has 0 aliphatic carbocycles. The smallest absolute Gasteiger partial charge is 0.0824 e. The van der Waals surface area contributed by atoms with E-state index in [0.717, 1.165) is 13.0 Å². The third kappa shape index (κ3) is 2.20. The number of aliphatic hydroxyl groups is 1. The van der Waals surface area contributed by atoms with Gasteiger partial charge in [0.2, 0.25) is 0 Å². The van der Waals surface area contributed by atoms with Crippen LogP contribution in [-0.4, -0.2) is 35.7 Å². The predicted octanol–water partition coefficient (Wildman–Crippen LogP) is 0.745. The first kappa shape index (κ1) is 9.50. The summed E-state index contributed by atoms with van der Waals surface area (Å²) in [6.07, 6.45) is 3.22. The Morgan fingerprint density at radius 1 is 1.67 bits per heavy atom. The first-order chi connectivity index (χ1) is 5.75. The van der Waals surface area contributed by atoms with Gasteiger partial charge in [-0.05, 0) is 26.4 Å². The molecule has 3 heteroatoms. The molecule has 12 heavy (non-hydrogen) atoms. The Bertz CT molecular complexity index is 176. The van der Waals surface area contributed by atoms with Crippen LogP contribution >= 0.6 is 0 Å². The van der Waals surface area contributed by atoms with Crippen LogP contribution in [0, 0.1) is 11.3 Å². The van der Waals surface area contributed by atoms with Crippen molar-refractivity contribution in [3.05, 3.63) is 0 Å². The molecule has 1 aliphatic rings. The molecule has 0 radical (unpaired) electrons. The number of hydrogen-bond donors (Lipinski definition) is 1. The quantitative estimate of drug-likeness (QED) is 0.661. The van der Waals surface area contributed by atoms with E-state index in [1.165, 1.54) is 12.8 Å². The molecule has 2 atom stereocenters. The first-order valence-corrected chi connectivity index (χ1v) is 4.51. The van der Waals surface area contributed by atoms with Crippen molar-refractivity contribution in [1.82, 2.24) is 4.90 Å². The Morgan fingerprint density at radius 2 is 2.42 bits per heavy atom. The van der Waals surface area contributed by atoms with E-state index in [9.17, 15) is 5.11 Å². The maximum atomic E-state index is 9.58. The fourth-order valence-corrected chi connectivity index (χ4v) is 1.82. The molecule has 0 aromatic rings. The van der Waals surface area contributed by atoms with Gasteiger partial charge in [0.15, 0.2) is 0 Å². The summed E-state index contributed by atoms with van der Waals surface area (Å²) in [5.74, 6) is 0. The standard InChI is InChI=1S/C9H16N2O/c1-11-7-3-2-4-8(11)9(12)5-6-10/h8-9,12H,2-5,7H2,1H3. The molecule has 1 N–H and O–H groups in total. The van der Waals surface area contributed by atoms with E-state index in [4.69, 9.17) is 5.26 Å². The van der Waals surface area contributed by atoms with E-state index in [0.29, 0.717) is 0 Å². The van der Waals surface area contributed by atoms with Crippen LogP contribution in [0.15, 0.2) is 0 Å². The Hall–Kier alpha value is -0.590. The van der Waals surface area contributed by atoms with Gasteiger partial charge in [-0.3, -0.25) is 0 Å². The summed E-state index contributed by atoms with van der Waals surface area (Å²) in [4.78, 5) is 2.16. The predicted molar refractivity (Wildman–Crippen MR) is 46.5 cm³/mol. The van der Waals surface area contributed by atoms with Gasteiger partial charge in [0.05, 0.1) is 18.6 Å². The zero-order valence-electron chi connectivity index (χ0n) is 7.53. The lowest BCUT2D eigenvalue weighted by atomic mass is 9.97. The molecule has 1 heterocycles. The fourth-order valence-electron chi connectivity index (χ4n) is 1.82. The molecule has 0 amide bonds. The summed E-state index contributed by atoms with van der Waals surface area (Å²) >= 11 is 0. The van der Waals surface area contributed by atoms with Crippen molar-refractivity contribution in [1.29, 1.82) is 5.26 Å². The van der Waals surface area contributed by atoms with Crippen molar-refractivity contribution in [2.75, 3.05) is 13.6 Å². The number of aliphatic hydroxyl groups excluding tert-OH is 1. The van der Waals surface area contributed by atoms with Gasteiger partial charge in [0.25, 0.3) is 0 Å². The van der Waals surface area contributed by atoms with Crippen LogP contribution in [0.2, 0.25) is 0 Å². The van der Waals surface area contributed by atoms with Crippen LogP contribution in [0.3, 0.4) is 0 Å². The van der Waals surface area contributed by atoms with E-state index in [-0.39, 0.29) is 12.5 Å². The van der Waals surface area contributed by atoms with Gasteiger partial charge in [-0.15, -0.1) is 0 Å². The SMILES string of the molecule is CN1CCCCC1C(O)CC#N. The lowest BCUT2D eigenvalue weighted by Crippen LogP contribution is -2.44. The normalized spacial score (nSPS) is 27.9. The van der Waals surface area contributed by atoms with Crippen molar-refractivity contribution < 1.29 is 5.11 Å². The zero-order valence-corrected chi connectivity index (χ0v) is 7.53. The largest absolute Gasteiger partial charge is 0.390 e. The number of piperidine rings is 1. The average Bonchev–Trinajstić information content (AvgIpc) is 2.05. The highest BCUT2D eigenvalue weighted by atomic mass is 16.3. The second-order valence-corrected chi connectivity index (χ2v) is 3.47. The van der Waals surface area contributed by atoms with Crippen LogP contribution < -0.4 is 0 Å². The fraction of sp³-hybridized carbons (Fsp3) is 0.889. The third-order valence-corrected chi connectivity index (χ3v) is 2.57. The topological polar surface area (TPSA) is 47.3 Å². The van der Waals surface area contributed by atoms with Gasteiger partial charge >= 0.3 is 0 Å². The highest BCUT2D eigenvalue weighted by Crippen LogP contribution is 2.19. The van der Waals surface area contributed by atoms with Crippen molar-refractivity contribution in [3.8, 4) is 6.07 Å². The van der Waals surface area contributed by atoms with E-state index >= 15 is 0 Å². The molecule has 0 aromatic carbocycles. The van der Waals surface area contributed by atoms with Crippen molar-refractivity contribution in [2.24, 2.45) is 0 Å². The Labute approximate surface area is 73.6 Å². The summed E-state index contributed by atoms with van der Waals surface area (Å²) in [7, 11) is 2.02. The number of rotatable bonds is 2. The molecule has 1 saturated heterocycles. The summed E-state index contributed by atoms with van der Waals surface area (Å²) in [6.45, 7) is 1.05. The molecular weight excluding hydrogens is 152 g/mol. The molecule has 0 aromatic heterocycles.